The molecule has 3 nitrogen and oxygen atoms in total. The summed E-state index contributed by atoms with van der Waals surface area (Å²) in [5.41, 5.74) is 2.32. The van der Waals surface area contributed by atoms with E-state index in [1.165, 1.54) is 5.56 Å². The first kappa shape index (κ1) is 13.7. The predicted molar refractivity (Wildman–Crippen MR) is 76.2 cm³/mol. The van der Waals surface area contributed by atoms with Crippen LogP contribution >= 0.6 is 11.6 Å². The first-order valence-corrected chi connectivity index (χ1v) is 6.91. The SMILES string of the molecule is CNCc1ccc(N2CCC(CO)CC2)c(Cl)c1. The average Bonchev–Trinajstić information content (AvgIpc) is 2.40. The van der Waals surface area contributed by atoms with Gasteiger partial charge in [-0.25, -0.2) is 0 Å². The summed E-state index contributed by atoms with van der Waals surface area (Å²) in [6.45, 7) is 3.11. The number of halogens is 1. The summed E-state index contributed by atoms with van der Waals surface area (Å²) in [6, 6.07) is 6.26. The topological polar surface area (TPSA) is 35.5 Å². The van der Waals surface area contributed by atoms with Crippen molar-refractivity contribution in [3.05, 3.63) is 28.8 Å². The highest BCUT2D eigenvalue weighted by Gasteiger charge is 2.20. The number of aliphatic hydroxyl groups is 1. The fraction of sp³-hybridized carbons (Fsp3) is 0.571. The van der Waals surface area contributed by atoms with E-state index in [1.54, 1.807) is 0 Å². The Morgan fingerprint density at radius 2 is 2.11 bits per heavy atom. The van der Waals surface area contributed by atoms with Crippen LogP contribution in [-0.4, -0.2) is 31.9 Å². The zero-order chi connectivity index (χ0) is 13.0. The molecule has 1 saturated heterocycles. The van der Waals surface area contributed by atoms with Crippen LogP contribution in [0, 0.1) is 5.92 Å². The third-order valence-electron chi connectivity index (χ3n) is 3.61. The second-order valence-corrected chi connectivity index (χ2v) is 5.34. The molecule has 2 N–H and O–H groups in total. The van der Waals surface area contributed by atoms with Crippen molar-refractivity contribution in [1.29, 1.82) is 0 Å². The van der Waals surface area contributed by atoms with Gasteiger partial charge >= 0.3 is 0 Å². The van der Waals surface area contributed by atoms with Gasteiger partial charge in [0.2, 0.25) is 0 Å². The number of rotatable bonds is 4. The molecule has 100 valence electrons. The van der Waals surface area contributed by atoms with Crippen molar-refractivity contribution in [3.8, 4) is 0 Å². The number of aliphatic hydroxyl groups excluding tert-OH is 1. The third kappa shape index (κ3) is 3.16. The number of nitrogens with zero attached hydrogens (tertiary/aromatic N) is 1. The molecule has 0 amide bonds. The summed E-state index contributed by atoms with van der Waals surface area (Å²) in [5.74, 6) is 0.462. The molecule has 2 rings (SSSR count). The molecule has 0 atom stereocenters. The Morgan fingerprint density at radius 3 is 2.67 bits per heavy atom. The highest BCUT2D eigenvalue weighted by atomic mass is 35.5. The van der Waals surface area contributed by atoms with E-state index >= 15 is 0 Å². The van der Waals surface area contributed by atoms with Crippen LogP contribution in [0.1, 0.15) is 18.4 Å². The zero-order valence-corrected chi connectivity index (χ0v) is 11.6. The van der Waals surface area contributed by atoms with Gasteiger partial charge in [0.05, 0.1) is 10.7 Å². The van der Waals surface area contributed by atoms with Crippen LogP contribution in [0.5, 0.6) is 0 Å². The van der Waals surface area contributed by atoms with Gasteiger partial charge in [-0.3, -0.25) is 0 Å². The molecule has 0 spiro atoms. The molecule has 1 aromatic carbocycles. The van der Waals surface area contributed by atoms with Gasteiger partial charge in [-0.05, 0) is 43.5 Å². The number of hydrogen-bond donors (Lipinski definition) is 2. The van der Waals surface area contributed by atoms with E-state index in [0.29, 0.717) is 12.5 Å². The molecule has 0 radical (unpaired) electrons. The molecule has 1 heterocycles. The monoisotopic (exact) mass is 268 g/mol. The molecule has 1 aliphatic heterocycles. The molecule has 0 aliphatic carbocycles. The van der Waals surface area contributed by atoms with Crippen molar-refractivity contribution in [2.24, 2.45) is 5.92 Å². The average molecular weight is 269 g/mol. The van der Waals surface area contributed by atoms with E-state index in [0.717, 1.165) is 43.2 Å². The molecule has 0 saturated carbocycles. The van der Waals surface area contributed by atoms with Gasteiger partial charge < -0.3 is 15.3 Å². The lowest BCUT2D eigenvalue weighted by atomic mass is 9.97. The van der Waals surface area contributed by atoms with E-state index in [-0.39, 0.29) is 0 Å². The third-order valence-corrected chi connectivity index (χ3v) is 3.91. The molecular weight excluding hydrogens is 248 g/mol. The highest BCUT2D eigenvalue weighted by Crippen LogP contribution is 2.30. The van der Waals surface area contributed by atoms with E-state index in [9.17, 15) is 0 Å². The number of benzene rings is 1. The number of nitrogens with one attached hydrogen (secondary N) is 1. The maximum Gasteiger partial charge on any atom is 0.0642 e. The number of hydrogen-bond acceptors (Lipinski definition) is 3. The van der Waals surface area contributed by atoms with Crippen LogP contribution in [0.25, 0.3) is 0 Å². The van der Waals surface area contributed by atoms with E-state index in [2.05, 4.69) is 22.3 Å². The standard InChI is InChI=1S/C14H21ClN2O/c1-16-9-12-2-3-14(13(15)8-12)17-6-4-11(10-18)5-7-17/h2-3,8,11,16,18H,4-7,9-10H2,1H3. The van der Waals surface area contributed by atoms with Crippen molar-refractivity contribution < 1.29 is 5.11 Å². The van der Waals surface area contributed by atoms with Gasteiger partial charge in [-0.1, -0.05) is 17.7 Å². The molecular formula is C14H21ClN2O. The lowest BCUT2D eigenvalue weighted by molar-refractivity contribution is 0.203. The predicted octanol–water partition coefficient (Wildman–Crippen LogP) is 2.27. The summed E-state index contributed by atoms with van der Waals surface area (Å²) >= 11 is 6.35. The minimum Gasteiger partial charge on any atom is -0.396 e. The molecule has 1 aromatic rings. The lowest BCUT2D eigenvalue weighted by Crippen LogP contribution is -2.34. The Balaban J connectivity index is 2.05. The zero-order valence-electron chi connectivity index (χ0n) is 10.8. The molecule has 0 aromatic heterocycles. The highest BCUT2D eigenvalue weighted by molar-refractivity contribution is 6.33. The molecule has 1 aliphatic rings. The molecule has 4 heteroatoms. The van der Waals surface area contributed by atoms with E-state index < -0.39 is 0 Å². The summed E-state index contributed by atoms with van der Waals surface area (Å²) in [4.78, 5) is 2.32. The van der Waals surface area contributed by atoms with Gasteiger partial charge in [0.15, 0.2) is 0 Å². The van der Waals surface area contributed by atoms with Crippen LogP contribution in [-0.2, 0) is 6.54 Å². The summed E-state index contributed by atoms with van der Waals surface area (Å²) in [5, 5.41) is 13.1. The summed E-state index contributed by atoms with van der Waals surface area (Å²) in [7, 11) is 1.93. The Labute approximate surface area is 114 Å². The Morgan fingerprint density at radius 1 is 1.39 bits per heavy atom. The maximum atomic E-state index is 9.15. The second-order valence-electron chi connectivity index (χ2n) is 4.93. The minimum atomic E-state index is 0.308. The quantitative estimate of drug-likeness (QED) is 0.879. The lowest BCUT2D eigenvalue weighted by Gasteiger charge is -2.33. The minimum absolute atomic E-state index is 0.308. The van der Waals surface area contributed by atoms with Crippen molar-refractivity contribution >= 4 is 17.3 Å². The fourth-order valence-electron chi connectivity index (χ4n) is 2.48. The molecule has 0 bridgehead atoms. The normalized spacial score (nSPS) is 17.2. The smallest absolute Gasteiger partial charge is 0.0642 e. The van der Waals surface area contributed by atoms with Crippen molar-refractivity contribution in [2.75, 3.05) is 31.6 Å². The second kappa shape index (κ2) is 6.41. The van der Waals surface area contributed by atoms with Crippen LogP contribution < -0.4 is 10.2 Å². The van der Waals surface area contributed by atoms with Crippen molar-refractivity contribution in [1.82, 2.24) is 5.32 Å². The largest absolute Gasteiger partial charge is 0.396 e. The van der Waals surface area contributed by atoms with Crippen LogP contribution in [0.15, 0.2) is 18.2 Å². The Kier molecular flexibility index (Phi) is 4.87. The first-order chi connectivity index (χ1) is 8.74. The summed E-state index contributed by atoms with van der Waals surface area (Å²) < 4.78 is 0. The fourth-order valence-corrected chi connectivity index (χ4v) is 2.80. The van der Waals surface area contributed by atoms with Crippen LogP contribution in [0.2, 0.25) is 5.02 Å². The van der Waals surface area contributed by atoms with Gasteiger partial charge in [0.1, 0.15) is 0 Å². The van der Waals surface area contributed by atoms with E-state index in [1.807, 2.05) is 13.1 Å². The van der Waals surface area contributed by atoms with Gasteiger partial charge in [0.25, 0.3) is 0 Å². The van der Waals surface area contributed by atoms with Crippen LogP contribution in [0.4, 0.5) is 5.69 Å². The van der Waals surface area contributed by atoms with Crippen molar-refractivity contribution in [2.45, 2.75) is 19.4 Å². The maximum absolute atomic E-state index is 9.15. The Bertz CT molecular complexity index is 389. The Hall–Kier alpha value is -0.770. The molecule has 1 fully saturated rings. The molecule has 18 heavy (non-hydrogen) atoms. The number of piperidine rings is 1. The van der Waals surface area contributed by atoms with Gasteiger partial charge in [-0.15, -0.1) is 0 Å². The van der Waals surface area contributed by atoms with Crippen molar-refractivity contribution in [3.63, 3.8) is 0 Å². The van der Waals surface area contributed by atoms with Crippen LogP contribution in [0.3, 0.4) is 0 Å². The molecule has 0 unspecified atom stereocenters. The van der Waals surface area contributed by atoms with Gasteiger partial charge in [0, 0.05) is 26.2 Å². The van der Waals surface area contributed by atoms with E-state index in [4.69, 9.17) is 16.7 Å². The number of anilines is 1. The summed E-state index contributed by atoms with van der Waals surface area (Å²) in [6.07, 6.45) is 2.09. The first-order valence-electron chi connectivity index (χ1n) is 6.53. The van der Waals surface area contributed by atoms with Gasteiger partial charge in [-0.2, -0.15) is 0 Å².